The summed E-state index contributed by atoms with van der Waals surface area (Å²) >= 11 is 5.80. The Morgan fingerprint density at radius 1 is 1.33 bits per heavy atom. The van der Waals surface area contributed by atoms with Crippen molar-refractivity contribution in [3.8, 4) is 0 Å². The molecular weight excluding hydrogens is 252 g/mol. The van der Waals surface area contributed by atoms with E-state index in [2.05, 4.69) is 24.8 Å². The Bertz CT molecular complexity index is 484. The molecule has 0 aliphatic heterocycles. The number of imidazole rings is 1. The fourth-order valence-electron chi connectivity index (χ4n) is 1.56. The molecule has 0 saturated heterocycles. The van der Waals surface area contributed by atoms with E-state index in [0.29, 0.717) is 11.5 Å². The molecule has 2 aromatic rings. The molecule has 2 aromatic heterocycles. The van der Waals surface area contributed by atoms with Crippen LogP contribution in [0.5, 0.6) is 0 Å². The third-order valence-electron chi connectivity index (χ3n) is 2.53. The van der Waals surface area contributed by atoms with E-state index in [4.69, 9.17) is 17.3 Å². The Morgan fingerprint density at radius 2 is 2.22 bits per heavy atom. The number of nitrogens with one attached hydrogen (secondary N) is 1. The lowest BCUT2D eigenvalue weighted by atomic mass is 10.3. The highest BCUT2D eigenvalue weighted by Crippen LogP contribution is 2.21. The number of nitrogens with two attached hydrogens (primary N) is 1. The molecule has 0 aliphatic rings. The molecule has 0 atom stereocenters. The predicted octanol–water partition coefficient (Wildman–Crippen LogP) is 1.80. The predicted molar refractivity (Wildman–Crippen MR) is 71.4 cm³/mol. The molecular formula is C11H15ClN6. The Labute approximate surface area is 110 Å². The van der Waals surface area contributed by atoms with Crippen molar-refractivity contribution in [2.45, 2.75) is 19.4 Å². The van der Waals surface area contributed by atoms with Crippen LogP contribution >= 0.6 is 11.6 Å². The molecule has 7 heteroatoms. The van der Waals surface area contributed by atoms with Crippen LogP contribution in [0.2, 0.25) is 5.15 Å². The third kappa shape index (κ3) is 3.33. The maximum Gasteiger partial charge on any atom is 0.157 e. The van der Waals surface area contributed by atoms with Crippen molar-refractivity contribution in [1.29, 1.82) is 0 Å². The van der Waals surface area contributed by atoms with E-state index in [0.717, 1.165) is 25.9 Å². The van der Waals surface area contributed by atoms with Gasteiger partial charge in [-0.3, -0.25) is 0 Å². The lowest BCUT2D eigenvalue weighted by molar-refractivity contribution is 0.620. The van der Waals surface area contributed by atoms with Gasteiger partial charge in [-0.05, 0) is 12.8 Å². The Balaban J connectivity index is 1.70. The summed E-state index contributed by atoms with van der Waals surface area (Å²) in [5.41, 5.74) is 6.14. The van der Waals surface area contributed by atoms with Crippen molar-refractivity contribution < 1.29 is 0 Å². The van der Waals surface area contributed by atoms with Crippen LogP contribution in [0.15, 0.2) is 25.0 Å². The zero-order chi connectivity index (χ0) is 12.8. The van der Waals surface area contributed by atoms with E-state index in [-0.39, 0.29) is 5.15 Å². The van der Waals surface area contributed by atoms with Gasteiger partial charge in [0.2, 0.25) is 0 Å². The van der Waals surface area contributed by atoms with Gasteiger partial charge in [-0.25, -0.2) is 15.0 Å². The highest BCUT2D eigenvalue weighted by atomic mass is 35.5. The van der Waals surface area contributed by atoms with Crippen LogP contribution in [0.4, 0.5) is 11.5 Å². The van der Waals surface area contributed by atoms with Crippen LogP contribution in [0.1, 0.15) is 12.8 Å². The number of halogens is 1. The van der Waals surface area contributed by atoms with Crippen molar-refractivity contribution in [2.75, 3.05) is 17.6 Å². The topological polar surface area (TPSA) is 81.6 Å². The van der Waals surface area contributed by atoms with Gasteiger partial charge in [-0.15, -0.1) is 0 Å². The average molecular weight is 267 g/mol. The second-order valence-corrected chi connectivity index (χ2v) is 4.22. The van der Waals surface area contributed by atoms with Gasteiger partial charge in [0, 0.05) is 25.5 Å². The van der Waals surface area contributed by atoms with E-state index in [9.17, 15) is 0 Å². The molecule has 2 heterocycles. The smallest absolute Gasteiger partial charge is 0.157 e. The van der Waals surface area contributed by atoms with Gasteiger partial charge in [0.05, 0.1) is 6.33 Å². The molecule has 0 bridgehead atoms. The number of nitrogens with zero attached hydrogens (tertiary/aromatic N) is 4. The van der Waals surface area contributed by atoms with E-state index in [1.807, 2.05) is 12.5 Å². The van der Waals surface area contributed by atoms with Crippen LogP contribution in [-0.2, 0) is 6.54 Å². The van der Waals surface area contributed by atoms with Crippen molar-refractivity contribution in [3.63, 3.8) is 0 Å². The van der Waals surface area contributed by atoms with Crippen LogP contribution in [0, 0.1) is 0 Å². The molecule has 0 aromatic carbocycles. The first kappa shape index (κ1) is 12.6. The number of anilines is 2. The minimum atomic E-state index is 0.283. The fraction of sp³-hybridized carbons (Fsp3) is 0.364. The molecule has 0 radical (unpaired) electrons. The van der Waals surface area contributed by atoms with Gasteiger partial charge in [-0.1, -0.05) is 11.6 Å². The number of rotatable bonds is 6. The first-order chi connectivity index (χ1) is 8.77. The van der Waals surface area contributed by atoms with Gasteiger partial charge >= 0.3 is 0 Å². The van der Waals surface area contributed by atoms with Gasteiger partial charge in [0.15, 0.2) is 11.0 Å². The van der Waals surface area contributed by atoms with Crippen LogP contribution < -0.4 is 11.1 Å². The van der Waals surface area contributed by atoms with E-state index in [1.54, 1.807) is 6.20 Å². The summed E-state index contributed by atoms with van der Waals surface area (Å²) in [5, 5.41) is 3.43. The summed E-state index contributed by atoms with van der Waals surface area (Å²) in [6, 6.07) is 0. The second-order valence-electron chi connectivity index (χ2n) is 3.86. The summed E-state index contributed by atoms with van der Waals surface area (Å²) in [4.78, 5) is 11.8. The highest BCUT2D eigenvalue weighted by molar-refractivity contribution is 6.32. The zero-order valence-corrected chi connectivity index (χ0v) is 10.6. The first-order valence-electron chi connectivity index (χ1n) is 5.73. The molecule has 0 aliphatic carbocycles. The van der Waals surface area contributed by atoms with Crippen LogP contribution in [-0.4, -0.2) is 26.1 Å². The molecule has 0 unspecified atom stereocenters. The van der Waals surface area contributed by atoms with Gasteiger partial charge in [0.1, 0.15) is 12.0 Å². The molecule has 0 amide bonds. The Kier molecular flexibility index (Phi) is 4.35. The Hall–Kier alpha value is -1.82. The fourth-order valence-corrected chi connectivity index (χ4v) is 1.69. The number of hydrogen-bond donors (Lipinski definition) is 2. The van der Waals surface area contributed by atoms with Gasteiger partial charge in [-0.2, -0.15) is 0 Å². The highest BCUT2D eigenvalue weighted by Gasteiger charge is 2.04. The quantitative estimate of drug-likeness (QED) is 0.615. The van der Waals surface area contributed by atoms with E-state index in [1.165, 1.54) is 6.33 Å². The number of nitrogen functional groups attached to an aromatic ring is 1. The van der Waals surface area contributed by atoms with E-state index < -0.39 is 0 Å². The number of unbranched alkanes of at least 4 members (excludes halogenated alkanes) is 1. The maximum atomic E-state index is 5.80. The zero-order valence-electron chi connectivity index (χ0n) is 9.88. The molecule has 0 saturated carbocycles. The lowest BCUT2D eigenvalue weighted by Crippen LogP contribution is -2.08. The minimum absolute atomic E-state index is 0.283. The van der Waals surface area contributed by atoms with Crippen LogP contribution in [0.3, 0.4) is 0 Å². The number of aryl methyl sites for hydroxylation is 1. The largest absolute Gasteiger partial charge is 0.393 e. The monoisotopic (exact) mass is 266 g/mol. The molecule has 6 nitrogen and oxygen atoms in total. The average Bonchev–Trinajstić information content (AvgIpc) is 2.87. The molecule has 18 heavy (non-hydrogen) atoms. The van der Waals surface area contributed by atoms with Crippen molar-refractivity contribution in [3.05, 3.63) is 30.2 Å². The first-order valence-corrected chi connectivity index (χ1v) is 6.11. The Morgan fingerprint density at radius 3 is 3.00 bits per heavy atom. The summed E-state index contributed by atoms with van der Waals surface area (Å²) in [7, 11) is 0. The minimum Gasteiger partial charge on any atom is -0.393 e. The van der Waals surface area contributed by atoms with Crippen molar-refractivity contribution in [2.24, 2.45) is 0 Å². The number of aromatic nitrogens is 4. The molecule has 96 valence electrons. The van der Waals surface area contributed by atoms with Gasteiger partial charge < -0.3 is 15.6 Å². The third-order valence-corrected chi connectivity index (χ3v) is 2.83. The summed E-state index contributed by atoms with van der Waals surface area (Å²) < 4.78 is 2.05. The summed E-state index contributed by atoms with van der Waals surface area (Å²) in [6.45, 7) is 1.76. The molecule has 0 spiro atoms. The maximum absolute atomic E-state index is 5.80. The molecule has 2 rings (SSSR count). The standard InChI is InChI=1S/C11H15ClN6/c12-10-9(13)11(17-7-16-10)15-3-1-2-5-18-6-4-14-8-18/h4,6-8H,1-3,5,13H2,(H,15,16,17). The second kappa shape index (κ2) is 6.20. The van der Waals surface area contributed by atoms with Crippen LogP contribution in [0.25, 0.3) is 0 Å². The van der Waals surface area contributed by atoms with E-state index >= 15 is 0 Å². The molecule has 3 N–H and O–H groups in total. The van der Waals surface area contributed by atoms with Crippen molar-refractivity contribution >= 4 is 23.1 Å². The molecule has 0 fully saturated rings. The summed E-state index contributed by atoms with van der Waals surface area (Å²) in [6.07, 6.45) is 9.01. The number of hydrogen-bond acceptors (Lipinski definition) is 5. The van der Waals surface area contributed by atoms with Crippen molar-refractivity contribution in [1.82, 2.24) is 19.5 Å². The van der Waals surface area contributed by atoms with Gasteiger partial charge in [0.25, 0.3) is 0 Å². The SMILES string of the molecule is Nc1c(Cl)ncnc1NCCCCn1ccnc1. The lowest BCUT2D eigenvalue weighted by Gasteiger charge is -2.08. The normalized spacial score (nSPS) is 10.5. The summed E-state index contributed by atoms with van der Waals surface area (Å²) in [5.74, 6) is 0.595.